The molecule has 0 bridgehead atoms. The summed E-state index contributed by atoms with van der Waals surface area (Å²) < 4.78 is 50.9. The van der Waals surface area contributed by atoms with Crippen LogP contribution in [0.4, 0.5) is 17.6 Å². The Morgan fingerprint density at radius 2 is 1.89 bits per heavy atom. The summed E-state index contributed by atoms with van der Waals surface area (Å²) in [4.78, 5) is 15.4. The Labute approximate surface area is 105 Å². The van der Waals surface area contributed by atoms with Crippen molar-refractivity contribution < 1.29 is 22.4 Å². The predicted octanol–water partition coefficient (Wildman–Crippen LogP) is 3.47. The number of pyridine rings is 1. The van der Waals surface area contributed by atoms with Gasteiger partial charge in [-0.15, -0.1) is 0 Å². The van der Waals surface area contributed by atoms with Crippen LogP contribution >= 0.6 is 0 Å². The first kappa shape index (κ1) is 13.2. The number of hydrogen-bond donors (Lipinski definition) is 0. The molecule has 0 radical (unpaired) electrons. The SMILES string of the molecule is O=C(c1cccc(C(F)(F)F)c1)c1ccncc1F. The highest BCUT2D eigenvalue weighted by Crippen LogP contribution is 2.30. The third kappa shape index (κ3) is 2.78. The summed E-state index contributed by atoms with van der Waals surface area (Å²) in [5.41, 5.74) is -1.48. The molecule has 0 saturated carbocycles. The van der Waals surface area contributed by atoms with Gasteiger partial charge in [0.15, 0.2) is 11.6 Å². The summed E-state index contributed by atoms with van der Waals surface area (Å²) in [6.45, 7) is 0. The predicted molar refractivity (Wildman–Crippen MR) is 59.1 cm³/mol. The van der Waals surface area contributed by atoms with Crippen LogP contribution in [0.5, 0.6) is 0 Å². The zero-order chi connectivity index (χ0) is 14.0. The lowest BCUT2D eigenvalue weighted by atomic mass is 10.0. The van der Waals surface area contributed by atoms with Crippen molar-refractivity contribution in [1.29, 1.82) is 0 Å². The van der Waals surface area contributed by atoms with E-state index in [1.807, 2.05) is 0 Å². The van der Waals surface area contributed by atoms with E-state index in [-0.39, 0.29) is 11.1 Å². The van der Waals surface area contributed by atoms with E-state index in [1.54, 1.807) is 0 Å². The highest BCUT2D eigenvalue weighted by molar-refractivity contribution is 6.09. The van der Waals surface area contributed by atoms with Gasteiger partial charge in [0.25, 0.3) is 0 Å². The molecule has 1 aromatic carbocycles. The first-order valence-electron chi connectivity index (χ1n) is 5.21. The third-order valence-corrected chi connectivity index (χ3v) is 2.47. The second-order valence-electron chi connectivity index (χ2n) is 3.76. The minimum absolute atomic E-state index is 0.222. The number of hydrogen-bond acceptors (Lipinski definition) is 2. The molecule has 0 aliphatic heterocycles. The molecule has 0 N–H and O–H groups in total. The fourth-order valence-electron chi connectivity index (χ4n) is 1.55. The van der Waals surface area contributed by atoms with E-state index >= 15 is 0 Å². The van der Waals surface area contributed by atoms with Crippen LogP contribution in [0.1, 0.15) is 21.5 Å². The van der Waals surface area contributed by atoms with Crippen molar-refractivity contribution in [2.24, 2.45) is 0 Å². The van der Waals surface area contributed by atoms with Gasteiger partial charge >= 0.3 is 6.18 Å². The van der Waals surface area contributed by atoms with E-state index in [4.69, 9.17) is 0 Å². The maximum Gasteiger partial charge on any atom is 0.416 e. The molecule has 0 aliphatic rings. The number of halogens is 4. The largest absolute Gasteiger partial charge is 0.416 e. The second kappa shape index (κ2) is 4.79. The minimum atomic E-state index is -4.55. The Balaban J connectivity index is 2.43. The first-order chi connectivity index (χ1) is 8.89. The van der Waals surface area contributed by atoms with Crippen molar-refractivity contribution in [2.45, 2.75) is 6.18 Å². The quantitative estimate of drug-likeness (QED) is 0.617. The average Bonchev–Trinajstić information content (AvgIpc) is 2.38. The third-order valence-electron chi connectivity index (χ3n) is 2.47. The number of rotatable bonds is 2. The van der Waals surface area contributed by atoms with E-state index in [9.17, 15) is 22.4 Å². The number of benzene rings is 1. The van der Waals surface area contributed by atoms with E-state index in [2.05, 4.69) is 4.98 Å². The standard InChI is InChI=1S/C13H7F4NO/c14-11-7-18-5-4-10(11)12(19)8-2-1-3-9(6-8)13(15,16)17/h1-7H. The number of carbonyl (C=O) groups is 1. The lowest BCUT2D eigenvalue weighted by Crippen LogP contribution is -2.09. The first-order valence-corrected chi connectivity index (χ1v) is 5.21. The van der Waals surface area contributed by atoms with Crippen LogP contribution < -0.4 is 0 Å². The fraction of sp³-hybridized carbons (Fsp3) is 0.0769. The topological polar surface area (TPSA) is 30.0 Å². The summed E-state index contributed by atoms with van der Waals surface area (Å²) in [5, 5.41) is 0. The Morgan fingerprint density at radius 1 is 1.16 bits per heavy atom. The molecule has 0 aliphatic carbocycles. The zero-order valence-corrected chi connectivity index (χ0v) is 9.41. The van der Waals surface area contributed by atoms with E-state index in [0.717, 1.165) is 24.4 Å². The Kier molecular flexibility index (Phi) is 3.33. The number of ketones is 1. The molecule has 0 amide bonds. The summed E-state index contributed by atoms with van der Waals surface area (Å²) in [7, 11) is 0. The van der Waals surface area contributed by atoms with Gasteiger partial charge in [-0.2, -0.15) is 13.2 Å². The molecular formula is C13H7F4NO. The molecular weight excluding hydrogens is 262 g/mol. The van der Waals surface area contributed by atoms with Crippen molar-refractivity contribution in [3.63, 3.8) is 0 Å². The molecule has 0 spiro atoms. The number of alkyl halides is 3. The van der Waals surface area contributed by atoms with Gasteiger partial charge in [0, 0.05) is 11.8 Å². The summed E-state index contributed by atoms with van der Waals surface area (Å²) >= 11 is 0. The molecule has 0 fully saturated rings. The molecule has 0 saturated heterocycles. The van der Waals surface area contributed by atoms with Crippen LogP contribution in [0.3, 0.4) is 0 Å². The van der Waals surface area contributed by atoms with Gasteiger partial charge in [-0.1, -0.05) is 12.1 Å². The number of carbonyl (C=O) groups excluding carboxylic acids is 1. The minimum Gasteiger partial charge on any atom is -0.288 e. The molecule has 19 heavy (non-hydrogen) atoms. The Hall–Kier alpha value is -2.24. The fourth-order valence-corrected chi connectivity index (χ4v) is 1.55. The molecule has 98 valence electrons. The van der Waals surface area contributed by atoms with Crippen LogP contribution in [-0.4, -0.2) is 10.8 Å². The van der Waals surface area contributed by atoms with Gasteiger partial charge in [0.2, 0.25) is 0 Å². The van der Waals surface area contributed by atoms with Crippen molar-refractivity contribution in [2.75, 3.05) is 0 Å². The van der Waals surface area contributed by atoms with Gasteiger partial charge in [0.1, 0.15) is 0 Å². The van der Waals surface area contributed by atoms with Crippen molar-refractivity contribution in [3.8, 4) is 0 Å². The van der Waals surface area contributed by atoms with Crippen molar-refractivity contribution in [1.82, 2.24) is 4.98 Å². The lowest BCUT2D eigenvalue weighted by Gasteiger charge is -2.08. The highest BCUT2D eigenvalue weighted by Gasteiger charge is 2.31. The zero-order valence-electron chi connectivity index (χ0n) is 9.41. The summed E-state index contributed by atoms with van der Waals surface area (Å²) in [5.74, 6) is -1.68. The van der Waals surface area contributed by atoms with Gasteiger partial charge in [-0.25, -0.2) is 4.39 Å². The smallest absolute Gasteiger partial charge is 0.288 e. The van der Waals surface area contributed by atoms with E-state index < -0.39 is 23.3 Å². The van der Waals surface area contributed by atoms with Gasteiger partial charge < -0.3 is 0 Å². The van der Waals surface area contributed by atoms with Gasteiger partial charge in [-0.3, -0.25) is 9.78 Å². The maximum atomic E-state index is 13.4. The molecule has 6 heteroatoms. The van der Waals surface area contributed by atoms with Crippen LogP contribution in [0.15, 0.2) is 42.7 Å². The molecule has 1 heterocycles. The van der Waals surface area contributed by atoms with Crippen molar-refractivity contribution >= 4 is 5.78 Å². The van der Waals surface area contributed by atoms with Crippen molar-refractivity contribution in [3.05, 3.63) is 65.2 Å². The number of aromatic nitrogens is 1. The average molecular weight is 269 g/mol. The van der Waals surface area contributed by atoms with E-state index in [1.165, 1.54) is 12.3 Å². The van der Waals surface area contributed by atoms with E-state index in [0.29, 0.717) is 6.07 Å². The second-order valence-corrected chi connectivity index (χ2v) is 3.76. The lowest BCUT2D eigenvalue weighted by molar-refractivity contribution is -0.137. The molecule has 0 atom stereocenters. The molecule has 1 aromatic heterocycles. The summed E-state index contributed by atoms with van der Waals surface area (Å²) in [6, 6.07) is 4.98. The molecule has 2 rings (SSSR count). The molecule has 0 unspecified atom stereocenters. The summed E-state index contributed by atoms with van der Waals surface area (Å²) in [6.07, 6.45) is -2.52. The monoisotopic (exact) mass is 269 g/mol. The van der Waals surface area contributed by atoms with Crippen LogP contribution in [0.2, 0.25) is 0 Å². The molecule has 2 nitrogen and oxygen atoms in total. The van der Waals surface area contributed by atoms with Crippen LogP contribution in [0.25, 0.3) is 0 Å². The Morgan fingerprint density at radius 3 is 2.53 bits per heavy atom. The van der Waals surface area contributed by atoms with Gasteiger partial charge in [0.05, 0.1) is 17.3 Å². The van der Waals surface area contributed by atoms with Crippen LogP contribution in [0, 0.1) is 5.82 Å². The maximum absolute atomic E-state index is 13.4. The highest BCUT2D eigenvalue weighted by atomic mass is 19.4. The normalized spacial score (nSPS) is 11.4. The number of nitrogens with zero attached hydrogens (tertiary/aromatic N) is 1. The molecule has 2 aromatic rings. The van der Waals surface area contributed by atoms with Gasteiger partial charge in [-0.05, 0) is 18.2 Å². The Bertz CT molecular complexity index is 622. The van der Waals surface area contributed by atoms with Crippen LogP contribution in [-0.2, 0) is 6.18 Å².